The normalized spacial score (nSPS) is 11.1. The van der Waals surface area contributed by atoms with Crippen molar-refractivity contribution in [1.29, 1.82) is 5.26 Å². The van der Waals surface area contributed by atoms with E-state index < -0.39 is 23.8 Å². The summed E-state index contributed by atoms with van der Waals surface area (Å²) in [4.78, 5) is 35.7. The number of nitrogens with one attached hydrogen (secondary N) is 1. The van der Waals surface area contributed by atoms with Gasteiger partial charge in [0.05, 0.1) is 24.3 Å². The number of rotatable bonds is 6. The summed E-state index contributed by atoms with van der Waals surface area (Å²) in [6, 6.07) is 13.6. The fourth-order valence-corrected chi connectivity index (χ4v) is 2.32. The number of benzene rings is 2. The van der Waals surface area contributed by atoms with E-state index in [1.165, 1.54) is 25.3 Å². The number of carbonyl (C=O) groups excluding carboxylic acids is 3. The maximum absolute atomic E-state index is 12.4. The molecule has 0 unspecified atom stereocenters. The first-order chi connectivity index (χ1) is 12.4. The summed E-state index contributed by atoms with van der Waals surface area (Å²) in [6.07, 6.45) is 0.184. The molecule has 7 nitrogen and oxygen atoms in total. The van der Waals surface area contributed by atoms with Crippen LogP contribution in [0.5, 0.6) is 0 Å². The van der Waals surface area contributed by atoms with Gasteiger partial charge in [-0.05, 0) is 35.9 Å². The fraction of sp³-hybridized carbons (Fsp3) is 0.158. The third-order valence-electron chi connectivity index (χ3n) is 3.72. The van der Waals surface area contributed by atoms with Crippen LogP contribution in [0.4, 0.5) is 0 Å². The molecule has 7 heteroatoms. The van der Waals surface area contributed by atoms with E-state index in [0.717, 1.165) is 5.56 Å². The van der Waals surface area contributed by atoms with Gasteiger partial charge in [0.1, 0.15) is 6.04 Å². The Morgan fingerprint density at radius 1 is 1.15 bits per heavy atom. The number of esters is 1. The number of amides is 2. The van der Waals surface area contributed by atoms with Gasteiger partial charge >= 0.3 is 5.97 Å². The molecule has 0 bridgehead atoms. The van der Waals surface area contributed by atoms with E-state index in [1.54, 1.807) is 30.3 Å². The molecule has 132 valence electrons. The lowest BCUT2D eigenvalue weighted by molar-refractivity contribution is -0.119. The molecule has 0 fully saturated rings. The number of hydrogen-bond donors (Lipinski definition) is 2. The first kappa shape index (κ1) is 18.7. The van der Waals surface area contributed by atoms with E-state index in [0.29, 0.717) is 5.56 Å². The highest BCUT2D eigenvalue weighted by molar-refractivity contribution is 5.99. The Hall–Kier alpha value is -3.66. The van der Waals surface area contributed by atoms with Crippen molar-refractivity contribution in [2.75, 3.05) is 7.11 Å². The number of nitrogens with two attached hydrogens (primary N) is 1. The molecule has 2 amide bonds. The first-order valence-corrected chi connectivity index (χ1v) is 7.72. The van der Waals surface area contributed by atoms with Crippen molar-refractivity contribution in [3.8, 4) is 6.07 Å². The zero-order valence-electron chi connectivity index (χ0n) is 14.1. The smallest absolute Gasteiger partial charge is 0.337 e. The summed E-state index contributed by atoms with van der Waals surface area (Å²) in [5, 5.41) is 11.4. The fourth-order valence-electron chi connectivity index (χ4n) is 2.32. The van der Waals surface area contributed by atoms with Gasteiger partial charge < -0.3 is 15.8 Å². The van der Waals surface area contributed by atoms with Crippen molar-refractivity contribution >= 4 is 17.8 Å². The Labute approximate surface area is 150 Å². The Morgan fingerprint density at radius 2 is 1.81 bits per heavy atom. The predicted octanol–water partition coefficient (Wildman–Crippen LogP) is 1.17. The van der Waals surface area contributed by atoms with Gasteiger partial charge in [-0.1, -0.05) is 18.2 Å². The van der Waals surface area contributed by atoms with Crippen LogP contribution in [0.2, 0.25) is 0 Å². The minimum absolute atomic E-state index is 0.184. The van der Waals surface area contributed by atoms with Crippen LogP contribution in [0.25, 0.3) is 0 Å². The average molecular weight is 351 g/mol. The summed E-state index contributed by atoms with van der Waals surface area (Å²) in [5.74, 6) is -1.79. The van der Waals surface area contributed by atoms with Crippen LogP contribution < -0.4 is 11.1 Å². The third kappa shape index (κ3) is 4.68. The monoisotopic (exact) mass is 351 g/mol. The van der Waals surface area contributed by atoms with Crippen molar-refractivity contribution < 1.29 is 19.1 Å². The van der Waals surface area contributed by atoms with Crippen molar-refractivity contribution in [3.63, 3.8) is 0 Å². The lowest BCUT2D eigenvalue weighted by Crippen LogP contribution is -2.45. The van der Waals surface area contributed by atoms with Crippen LogP contribution >= 0.6 is 0 Å². The van der Waals surface area contributed by atoms with Gasteiger partial charge in [0.2, 0.25) is 5.91 Å². The molecule has 3 N–H and O–H groups in total. The standard InChI is InChI=1S/C19H17N3O4/c1-26-19(25)15-4-2-3-14(10-15)18(24)22-16(17(21)23)9-12-5-7-13(11-20)8-6-12/h2-8,10,16H,9H2,1H3,(H2,21,23)(H,22,24)/t16-/m0/s1. The number of carbonyl (C=O) groups is 3. The summed E-state index contributed by atoms with van der Waals surface area (Å²) in [5.41, 5.74) is 7.06. The largest absolute Gasteiger partial charge is 0.465 e. The molecule has 0 aliphatic carbocycles. The van der Waals surface area contributed by atoms with Crippen molar-refractivity contribution in [2.45, 2.75) is 12.5 Å². The lowest BCUT2D eigenvalue weighted by atomic mass is 10.0. The molecule has 0 aliphatic heterocycles. The van der Waals surface area contributed by atoms with Crippen LogP contribution in [0.3, 0.4) is 0 Å². The number of primary amides is 1. The average Bonchev–Trinajstić information content (AvgIpc) is 2.67. The molecule has 2 aromatic rings. The minimum Gasteiger partial charge on any atom is -0.465 e. The van der Waals surface area contributed by atoms with Crippen LogP contribution in [-0.2, 0) is 16.0 Å². The summed E-state index contributed by atoms with van der Waals surface area (Å²) in [6.45, 7) is 0. The molecule has 0 radical (unpaired) electrons. The van der Waals surface area contributed by atoms with E-state index in [1.807, 2.05) is 6.07 Å². The molecule has 0 heterocycles. The van der Waals surface area contributed by atoms with Crippen LogP contribution in [0.15, 0.2) is 48.5 Å². The molecule has 0 aliphatic rings. The van der Waals surface area contributed by atoms with Gasteiger partial charge in [0, 0.05) is 12.0 Å². The van der Waals surface area contributed by atoms with Gasteiger partial charge in [-0.15, -0.1) is 0 Å². The van der Waals surface area contributed by atoms with E-state index in [4.69, 9.17) is 11.0 Å². The SMILES string of the molecule is COC(=O)c1cccc(C(=O)N[C@@H](Cc2ccc(C#N)cc2)C(N)=O)c1. The molecule has 0 saturated carbocycles. The number of nitriles is 1. The van der Waals surface area contributed by atoms with Crippen LogP contribution in [0.1, 0.15) is 31.8 Å². The second-order valence-electron chi connectivity index (χ2n) is 5.51. The lowest BCUT2D eigenvalue weighted by Gasteiger charge is -2.16. The number of ether oxygens (including phenoxy) is 1. The van der Waals surface area contributed by atoms with Crippen molar-refractivity contribution in [2.24, 2.45) is 5.73 Å². The van der Waals surface area contributed by atoms with Gasteiger partial charge in [-0.2, -0.15) is 5.26 Å². The van der Waals surface area contributed by atoms with E-state index in [9.17, 15) is 14.4 Å². The molecule has 2 rings (SSSR count). The Bertz CT molecular complexity index is 869. The summed E-state index contributed by atoms with van der Waals surface area (Å²) >= 11 is 0. The molecule has 2 aromatic carbocycles. The minimum atomic E-state index is -0.933. The van der Waals surface area contributed by atoms with Gasteiger partial charge in [-0.25, -0.2) is 4.79 Å². The Kier molecular flexibility index (Phi) is 6.06. The Morgan fingerprint density at radius 3 is 2.38 bits per heavy atom. The molecule has 26 heavy (non-hydrogen) atoms. The predicted molar refractivity (Wildman–Crippen MR) is 93.1 cm³/mol. The van der Waals surface area contributed by atoms with Crippen molar-refractivity contribution in [3.05, 3.63) is 70.8 Å². The topological polar surface area (TPSA) is 122 Å². The molecular weight excluding hydrogens is 334 g/mol. The summed E-state index contributed by atoms with van der Waals surface area (Å²) in [7, 11) is 1.25. The van der Waals surface area contributed by atoms with Gasteiger partial charge in [0.15, 0.2) is 0 Å². The quantitative estimate of drug-likeness (QED) is 0.757. The second kappa shape index (κ2) is 8.44. The molecule has 1 atom stereocenters. The zero-order chi connectivity index (χ0) is 19.1. The maximum atomic E-state index is 12.4. The van der Waals surface area contributed by atoms with Crippen LogP contribution in [0, 0.1) is 11.3 Å². The van der Waals surface area contributed by atoms with E-state index in [-0.39, 0.29) is 17.5 Å². The second-order valence-corrected chi connectivity index (χ2v) is 5.51. The maximum Gasteiger partial charge on any atom is 0.337 e. The molecule has 0 saturated heterocycles. The number of nitrogens with zero attached hydrogens (tertiary/aromatic N) is 1. The number of methoxy groups -OCH3 is 1. The highest BCUT2D eigenvalue weighted by Gasteiger charge is 2.20. The summed E-state index contributed by atoms with van der Waals surface area (Å²) < 4.78 is 4.62. The van der Waals surface area contributed by atoms with E-state index >= 15 is 0 Å². The third-order valence-corrected chi connectivity index (χ3v) is 3.72. The molecule has 0 spiro atoms. The number of hydrogen-bond acceptors (Lipinski definition) is 5. The highest BCUT2D eigenvalue weighted by Crippen LogP contribution is 2.09. The molecule has 0 aromatic heterocycles. The van der Waals surface area contributed by atoms with E-state index in [2.05, 4.69) is 10.1 Å². The van der Waals surface area contributed by atoms with Gasteiger partial charge in [0.25, 0.3) is 5.91 Å². The van der Waals surface area contributed by atoms with Gasteiger partial charge in [-0.3, -0.25) is 9.59 Å². The van der Waals surface area contributed by atoms with Crippen LogP contribution in [-0.4, -0.2) is 30.9 Å². The highest BCUT2D eigenvalue weighted by atomic mass is 16.5. The molecular formula is C19H17N3O4. The Balaban J connectivity index is 2.14. The van der Waals surface area contributed by atoms with Crippen molar-refractivity contribution in [1.82, 2.24) is 5.32 Å². The zero-order valence-corrected chi connectivity index (χ0v) is 14.1. The first-order valence-electron chi connectivity index (χ1n) is 7.72.